The lowest BCUT2D eigenvalue weighted by Gasteiger charge is -2.22. The quantitative estimate of drug-likeness (QED) is 0.0320. The van der Waals surface area contributed by atoms with Gasteiger partial charge in [-0.25, -0.2) is 0 Å². The summed E-state index contributed by atoms with van der Waals surface area (Å²) in [4.78, 5) is 24.5. The second kappa shape index (κ2) is 63.1. The number of hydrogen-bond donors (Lipinski definition) is 3. The smallest absolute Gasteiger partial charge is 0.305 e. The average molecular weight is 1030 g/mol. The van der Waals surface area contributed by atoms with Gasteiger partial charge in [0.1, 0.15) is 0 Å². The normalized spacial score (nSPS) is 12.5. The fourth-order valence-electron chi connectivity index (χ4n) is 10.7. The lowest BCUT2D eigenvalue weighted by Crippen LogP contribution is -2.45. The second-order valence-corrected chi connectivity index (χ2v) is 23.2. The monoisotopic (exact) mass is 1030 g/mol. The number of esters is 1. The maximum atomic E-state index is 12.5. The van der Waals surface area contributed by atoms with E-state index in [9.17, 15) is 19.8 Å². The first-order valence-electron chi connectivity index (χ1n) is 33.4. The minimum atomic E-state index is -0.663. The van der Waals surface area contributed by atoms with Crippen LogP contribution in [0.25, 0.3) is 0 Å². The number of carbonyl (C=O) groups excluding carboxylic acids is 2. The molecule has 2 atom stereocenters. The fraction of sp³-hybridized carbons (Fsp3) is 0.940. The molecule has 0 aliphatic carbocycles. The van der Waals surface area contributed by atoms with E-state index in [1.165, 1.54) is 302 Å². The number of carbonyl (C=O) groups is 2. The van der Waals surface area contributed by atoms with Gasteiger partial charge in [-0.1, -0.05) is 334 Å². The molecule has 1 amide bonds. The molecule has 0 aromatic heterocycles. The van der Waals surface area contributed by atoms with Gasteiger partial charge < -0.3 is 20.3 Å². The molecule has 434 valence electrons. The Labute approximate surface area is 457 Å². The van der Waals surface area contributed by atoms with Crippen LogP contribution in [0.15, 0.2) is 12.2 Å². The number of amides is 1. The number of aliphatic hydroxyl groups excluding tert-OH is 2. The van der Waals surface area contributed by atoms with Crippen molar-refractivity contribution >= 4 is 11.9 Å². The molecule has 0 saturated carbocycles. The Kier molecular flexibility index (Phi) is 61.9. The van der Waals surface area contributed by atoms with Crippen LogP contribution in [0.2, 0.25) is 0 Å². The topological polar surface area (TPSA) is 95.9 Å². The Morgan fingerprint density at radius 3 is 1.01 bits per heavy atom. The lowest BCUT2D eigenvalue weighted by atomic mass is 10.0. The molecule has 0 aromatic rings. The van der Waals surface area contributed by atoms with Gasteiger partial charge in [0.15, 0.2) is 0 Å². The van der Waals surface area contributed by atoms with Crippen LogP contribution in [0, 0.1) is 0 Å². The van der Waals surface area contributed by atoms with Crippen LogP contribution >= 0.6 is 0 Å². The molecule has 0 aliphatic rings. The maximum absolute atomic E-state index is 12.5. The van der Waals surface area contributed by atoms with Crippen molar-refractivity contribution in [2.45, 2.75) is 392 Å². The second-order valence-electron chi connectivity index (χ2n) is 23.2. The summed E-state index contributed by atoms with van der Waals surface area (Å²) in [6, 6.07) is -0.539. The third kappa shape index (κ3) is 59.7. The highest BCUT2D eigenvalue weighted by molar-refractivity contribution is 5.76. The van der Waals surface area contributed by atoms with Crippen LogP contribution in [-0.2, 0) is 14.3 Å². The number of unbranched alkanes of at least 4 members (excludes halogenated alkanes) is 50. The molecular weight excluding hydrogens is 899 g/mol. The van der Waals surface area contributed by atoms with Crippen LogP contribution in [0.3, 0.4) is 0 Å². The van der Waals surface area contributed by atoms with Crippen molar-refractivity contribution in [2.24, 2.45) is 0 Å². The summed E-state index contributed by atoms with van der Waals surface area (Å²) < 4.78 is 5.46. The summed E-state index contributed by atoms with van der Waals surface area (Å²) in [6.07, 6.45) is 76.7. The Morgan fingerprint density at radius 1 is 0.370 bits per heavy atom. The maximum Gasteiger partial charge on any atom is 0.305 e. The summed E-state index contributed by atoms with van der Waals surface area (Å²) in [5, 5.41) is 23.4. The molecular formula is C67H131NO5. The number of ether oxygens (including phenoxy) is 1. The van der Waals surface area contributed by atoms with Crippen molar-refractivity contribution in [2.75, 3.05) is 13.2 Å². The summed E-state index contributed by atoms with van der Waals surface area (Å²) in [5.74, 6) is -0.0216. The lowest BCUT2D eigenvalue weighted by molar-refractivity contribution is -0.143. The van der Waals surface area contributed by atoms with Gasteiger partial charge in [-0.05, 0) is 44.9 Å². The predicted molar refractivity (Wildman–Crippen MR) is 320 cm³/mol. The van der Waals surface area contributed by atoms with Gasteiger partial charge in [0.2, 0.25) is 5.91 Å². The predicted octanol–water partition coefficient (Wildman–Crippen LogP) is 21.2. The van der Waals surface area contributed by atoms with Crippen LogP contribution in [0.4, 0.5) is 0 Å². The molecule has 0 aromatic carbocycles. The first-order chi connectivity index (χ1) is 36.0. The van der Waals surface area contributed by atoms with Crippen molar-refractivity contribution in [1.29, 1.82) is 0 Å². The van der Waals surface area contributed by atoms with Crippen molar-refractivity contribution < 1.29 is 24.5 Å². The molecule has 73 heavy (non-hydrogen) atoms. The number of rotatable bonds is 63. The number of aliphatic hydroxyl groups is 2. The van der Waals surface area contributed by atoms with Crippen molar-refractivity contribution in [3.05, 3.63) is 12.2 Å². The van der Waals surface area contributed by atoms with Crippen LogP contribution < -0.4 is 5.32 Å². The Morgan fingerprint density at radius 2 is 0.658 bits per heavy atom. The van der Waals surface area contributed by atoms with Gasteiger partial charge in [0.05, 0.1) is 25.4 Å². The zero-order chi connectivity index (χ0) is 52.9. The molecule has 0 heterocycles. The molecule has 0 spiro atoms. The van der Waals surface area contributed by atoms with E-state index < -0.39 is 12.1 Å². The first-order valence-corrected chi connectivity index (χ1v) is 33.4. The minimum absolute atomic E-state index is 0.00694. The highest BCUT2D eigenvalue weighted by Gasteiger charge is 2.20. The van der Waals surface area contributed by atoms with Crippen LogP contribution in [0.1, 0.15) is 380 Å². The summed E-state index contributed by atoms with van der Waals surface area (Å²) >= 11 is 0. The number of hydrogen-bond acceptors (Lipinski definition) is 5. The van der Waals surface area contributed by atoms with E-state index in [0.29, 0.717) is 25.9 Å². The third-order valence-corrected chi connectivity index (χ3v) is 15.8. The molecule has 6 nitrogen and oxygen atoms in total. The molecule has 0 rings (SSSR count). The molecule has 0 radical (unpaired) electrons. The highest BCUT2D eigenvalue weighted by atomic mass is 16.5. The van der Waals surface area contributed by atoms with Crippen molar-refractivity contribution in [3.63, 3.8) is 0 Å². The summed E-state index contributed by atoms with van der Waals surface area (Å²) in [7, 11) is 0. The van der Waals surface area contributed by atoms with Gasteiger partial charge >= 0.3 is 5.97 Å². The zero-order valence-corrected chi connectivity index (χ0v) is 49.6. The molecule has 0 aliphatic heterocycles. The van der Waals surface area contributed by atoms with E-state index in [1.807, 2.05) is 0 Å². The Hall–Kier alpha value is -1.40. The summed E-state index contributed by atoms with van der Waals surface area (Å²) in [5.41, 5.74) is 0. The van der Waals surface area contributed by atoms with E-state index in [2.05, 4.69) is 31.3 Å². The van der Waals surface area contributed by atoms with Crippen molar-refractivity contribution in [3.8, 4) is 0 Å². The molecule has 3 N–H and O–H groups in total. The molecule has 6 heteroatoms. The first kappa shape index (κ1) is 71.6. The Bertz CT molecular complexity index is 1100. The largest absolute Gasteiger partial charge is 0.466 e. The SMILES string of the molecule is CCCC/C=C\CCCCCCCC(=O)OCCCCCCCCCCCCCCCCCCCCCCCCCCCCC(=O)NC(CO)C(O)CCCCCCCCCCCCCCCCCCCCC. The molecule has 0 saturated heterocycles. The van der Waals surface area contributed by atoms with Gasteiger partial charge in [0, 0.05) is 12.8 Å². The van der Waals surface area contributed by atoms with Gasteiger partial charge in [0.25, 0.3) is 0 Å². The van der Waals surface area contributed by atoms with Gasteiger partial charge in [-0.2, -0.15) is 0 Å². The Balaban J connectivity index is 3.36. The van der Waals surface area contributed by atoms with Crippen molar-refractivity contribution in [1.82, 2.24) is 5.32 Å². The fourth-order valence-corrected chi connectivity index (χ4v) is 10.7. The third-order valence-electron chi connectivity index (χ3n) is 15.8. The van der Waals surface area contributed by atoms with Gasteiger partial charge in [-0.15, -0.1) is 0 Å². The van der Waals surface area contributed by atoms with Gasteiger partial charge in [-0.3, -0.25) is 9.59 Å². The van der Waals surface area contributed by atoms with Crippen LogP contribution in [0.5, 0.6) is 0 Å². The molecule has 0 fully saturated rings. The molecule has 2 unspecified atom stereocenters. The number of allylic oxidation sites excluding steroid dienone is 2. The summed E-state index contributed by atoms with van der Waals surface area (Å²) in [6.45, 7) is 4.95. The molecule has 0 bridgehead atoms. The van der Waals surface area contributed by atoms with E-state index in [1.54, 1.807) is 0 Å². The minimum Gasteiger partial charge on any atom is -0.466 e. The highest BCUT2D eigenvalue weighted by Crippen LogP contribution is 2.19. The van der Waals surface area contributed by atoms with E-state index >= 15 is 0 Å². The van der Waals surface area contributed by atoms with Crippen LogP contribution in [-0.4, -0.2) is 47.4 Å². The average Bonchev–Trinajstić information content (AvgIpc) is 3.39. The number of nitrogens with one attached hydrogen (secondary N) is 1. The van der Waals surface area contributed by atoms with E-state index in [4.69, 9.17) is 4.74 Å². The zero-order valence-electron chi connectivity index (χ0n) is 49.6. The van der Waals surface area contributed by atoms with E-state index in [0.717, 1.165) is 44.9 Å². The van der Waals surface area contributed by atoms with E-state index in [-0.39, 0.29) is 18.5 Å². The standard InChI is InChI=1S/C67H131NO5/c1-3-5-7-9-11-13-15-16-17-18-27-30-33-36-40-43-47-51-55-59-65(70)64(63-69)68-66(71)60-56-52-48-44-41-37-34-31-28-25-23-21-19-20-22-24-26-29-32-35-38-42-46-50-54-58-62-73-67(72)61-57-53-49-45-39-14-12-10-8-6-4-2/h10,12,64-65,69-70H,3-9,11,13-63H2,1-2H3,(H,68,71)/b12-10-.